The Hall–Kier alpha value is -0.770. The Morgan fingerprint density at radius 1 is 1.47 bits per heavy atom. The lowest BCUT2D eigenvalue weighted by Crippen LogP contribution is -2.19. The topological polar surface area (TPSA) is 55.1 Å². The lowest BCUT2D eigenvalue weighted by atomic mass is 10.1. The van der Waals surface area contributed by atoms with E-state index in [0.717, 1.165) is 5.56 Å². The second-order valence-electron chi connectivity index (χ2n) is 4.12. The number of benzene rings is 1. The summed E-state index contributed by atoms with van der Waals surface area (Å²) in [7, 11) is 0. The van der Waals surface area contributed by atoms with Crippen LogP contribution in [0.1, 0.15) is 25.3 Å². The van der Waals surface area contributed by atoms with E-state index >= 15 is 0 Å². The molecule has 5 heteroatoms. The number of hydrogen-bond acceptors (Lipinski definition) is 2. The van der Waals surface area contributed by atoms with Gasteiger partial charge in [-0.25, -0.2) is 0 Å². The number of carbonyl (C=O) groups is 1. The number of anilines is 1. The highest BCUT2D eigenvalue weighted by molar-refractivity contribution is 6.40. The second-order valence-corrected chi connectivity index (χ2v) is 4.90. The van der Waals surface area contributed by atoms with E-state index in [1.165, 1.54) is 0 Å². The molecule has 0 aliphatic carbocycles. The van der Waals surface area contributed by atoms with Crippen LogP contribution in [0.3, 0.4) is 0 Å². The van der Waals surface area contributed by atoms with Gasteiger partial charge < -0.3 is 11.1 Å². The molecule has 0 aromatic heterocycles. The third-order valence-electron chi connectivity index (χ3n) is 2.38. The molecule has 0 saturated carbocycles. The third-order valence-corrected chi connectivity index (χ3v) is 3.18. The van der Waals surface area contributed by atoms with Crippen LogP contribution in [0.25, 0.3) is 0 Å². The van der Waals surface area contributed by atoms with Gasteiger partial charge in [-0.15, -0.1) is 0 Å². The van der Waals surface area contributed by atoms with Crippen molar-refractivity contribution in [1.29, 1.82) is 0 Å². The van der Waals surface area contributed by atoms with E-state index in [2.05, 4.69) is 5.32 Å². The number of aryl methyl sites for hydroxylation is 1. The molecule has 94 valence electrons. The fraction of sp³-hybridized carbons (Fsp3) is 0.417. The fourth-order valence-corrected chi connectivity index (χ4v) is 1.80. The monoisotopic (exact) mass is 274 g/mol. The molecule has 1 aromatic rings. The van der Waals surface area contributed by atoms with Gasteiger partial charge in [0.1, 0.15) is 0 Å². The molecule has 1 aromatic carbocycles. The van der Waals surface area contributed by atoms with Gasteiger partial charge in [0.15, 0.2) is 0 Å². The van der Waals surface area contributed by atoms with Crippen LogP contribution < -0.4 is 11.1 Å². The summed E-state index contributed by atoms with van der Waals surface area (Å²) in [6.07, 6.45) is 0.991. The van der Waals surface area contributed by atoms with Gasteiger partial charge in [-0.1, -0.05) is 29.3 Å². The summed E-state index contributed by atoms with van der Waals surface area (Å²) in [4.78, 5) is 11.6. The predicted molar refractivity (Wildman–Crippen MR) is 72.7 cm³/mol. The summed E-state index contributed by atoms with van der Waals surface area (Å²) >= 11 is 12.1. The highest BCUT2D eigenvalue weighted by Crippen LogP contribution is 2.32. The zero-order valence-corrected chi connectivity index (χ0v) is 11.4. The summed E-state index contributed by atoms with van der Waals surface area (Å²) in [6, 6.07) is 3.52. The molecule has 3 nitrogen and oxygen atoms in total. The zero-order valence-electron chi connectivity index (χ0n) is 9.89. The van der Waals surface area contributed by atoms with Crippen molar-refractivity contribution in [3.05, 3.63) is 27.7 Å². The van der Waals surface area contributed by atoms with Crippen molar-refractivity contribution in [2.75, 3.05) is 5.32 Å². The molecule has 0 fully saturated rings. The molecule has 0 aliphatic heterocycles. The maximum absolute atomic E-state index is 11.6. The molecule has 1 rings (SSSR count). The maximum Gasteiger partial charge on any atom is 0.224 e. The van der Waals surface area contributed by atoms with E-state index in [1.807, 2.05) is 19.9 Å². The number of nitrogens with one attached hydrogen (secondary N) is 1. The first-order valence-electron chi connectivity index (χ1n) is 5.42. The average Bonchev–Trinajstić information content (AvgIpc) is 2.27. The average molecular weight is 275 g/mol. The minimum atomic E-state index is -0.128. The van der Waals surface area contributed by atoms with E-state index in [9.17, 15) is 4.79 Å². The Morgan fingerprint density at radius 2 is 2.12 bits per heavy atom. The highest BCUT2D eigenvalue weighted by Gasteiger charge is 2.11. The first-order chi connectivity index (χ1) is 7.91. The fourth-order valence-electron chi connectivity index (χ4n) is 1.33. The summed E-state index contributed by atoms with van der Waals surface area (Å²) < 4.78 is 0. The molecule has 0 spiro atoms. The molecular formula is C12H16Cl2N2O. The van der Waals surface area contributed by atoms with Gasteiger partial charge in [0.25, 0.3) is 0 Å². The standard InChI is InChI=1S/C12H16Cl2N2O/c1-7-3-5-9(13)12(11(7)14)16-10(17)6-4-8(2)15/h3,5,8H,4,6,15H2,1-2H3,(H,16,17). The quantitative estimate of drug-likeness (QED) is 0.885. The van der Waals surface area contributed by atoms with E-state index in [-0.39, 0.29) is 11.9 Å². The minimum absolute atomic E-state index is 0.00389. The molecule has 0 bridgehead atoms. The molecule has 1 atom stereocenters. The van der Waals surface area contributed by atoms with Crippen LogP contribution in [0.4, 0.5) is 5.69 Å². The predicted octanol–water partition coefficient (Wildman–Crippen LogP) is 3.37. The summed E-state index contributed by atoms with van der Waals surface area (Å²) in [5, 5.41) is 3.63. The SMILES string of the molecule is Cc1ccc(Cl)c(NC(=O)CCC(C)N)c1Cl. The zero-order chi connectivity index (χ0) is 13.0. The maximum atomic E-state index is 11.6. The van der Waals surface area contributed by atoms with Crippen LogP contribution in [-0.2, 0) is 4.79 Å². The Balaban J connectivity index is 2.74. The van der Waals surface area contributed by atoms with Crippen molar-refractivity contribution in [1.82, 2.24) is 0 Å². The van der Waals surface area contributed by atoms with Gasteiger partial charge in [0.05, 0.1) is 15.7 Å². The van der Waals surface area contributed by atoms with Crippen molar-refractivity contribution >= 4 is 34.8 Å². The third kappa shape index (κ3) is 4.19. The van der Waals surface area contributed by atoms with E-state index in [0.29, 0.717) is 28.6 Å². The lowest BCUT2D eigenvalue weighted by Gasteiger charge is -2.11. The van der Waals surface area contributed by atoms with Crippen molar-refractivity contribution in [3.8, 4) is 0 Å². The molecule has 1 amide bonds. The molecular weight excluding hydrogens is 259 g/mol. The lowest BCUT2D eigenvalue weighted by molar-refractivity contribution is -0.116. The van der Waals surface area contributed by atoms with Crippen molar-refractivity contribution in [3.63, 3.8) is 0 Å². The smallest absolute Gasteiger partial charge is 0.224 e. The van der Waals surface area contributed by atoms with Crippen LogP contribution in [0.2, 0.25) is 10.0 Å². The number of amides is 1. The van der Waals surface area contributed by atoms with Crippen LogP contribution in [0.15, 0.2) is 12.1 Å². The van der Waals surface area contributed by atoms with Crippen LogP contribution in [0, 0.1) is 6.92 Å². The number of rotatable bonds is 4. The number of hydrogen-bond donors (Lipinski definition) is 2. The van der Waals surface area contributed by atoms with Gasteiger partial charge >= 0.3 is 0 Å². The van der Waals surface area contributed by atoms with Gasteiger partial charge in [-0.05, 0) is 31.9 Å². The molecule has 0 radical (unpaired) electrons. The molecule has 0 aliphatic rings. The molecule has 3 N–H and O–H groups in total. The molecule has 0 heterocycles. The van der Waals surface area contributed by atoms with Gasteiger partial charge in [-0.2, -0.15) is 0 Å². The first-order valence-corrected chi connectivity index (χ1v) is 6.17. The summed E-state index contributed by atoms with van der Waals surface area (Å²) in [5.41, 5.74) is 6.93. The van der Waals surface area contributed by atoms with Gasteiger partial charge in [-0.3, -0.25) is 4.79 Å². The molecule has 1 unspecified atom stereocenters. The van der Waals surface area contributed by atoms with E-state index in [4.69, 9.17) is 28.9 Å². The van der Waals surface area contributed by atoms with Gasteiger partial charge in [0.2, 0.25) is 5.91 Å². The Kier molecular flexibility index (Phi) is 5.25. The van der Waals surface area contributed by atoms with Crippen LogP contribution in [0.5, 0.6) is 0 Å². The highest BCUT2D eigenvalue weighted by atomic mass is 35.5. The second kappa shape index (κ2) is 6.24. The minimum Gasteiger partial charge on any atom is -0.328 e. The summed E-state index contributed by atoms with van der Waals surface area (Å²) in [6.45, 7) is 3.72. The Bertz CT molecular complexity index is 419. The Morgan fingerprint density at radius 3 is 2.71 bits per heavy atom. The van der Waals surface area contributed by atoms with Crippen molar-refractivity contribution in [2.24, 2.45) is 5.73 Å². The van der Waals surface area contributed by atoms with Gasteiger partial charge in [0, 0.05) is 12.5 Å². The van der Waals surface area contributed by atoms with E-state index < -0.39 is 0 Å². The van der Waals surface area contributed by atoms with E-state index in [1.54, 1.807) is 6.07 Å². The number of carbonyl (C=O) groups excluding carboxylic acids is 1. The number of nitrogens with two attached hydrogens (primary N) is 1. The summed E-state index contributed by atoms with van der Waals surface area (Å²) in [5.74, 6) is -0.128. The first kappa shape index (κ1) is 14.3. The molecule has 0 saturated heterocycles. The normalized spacial score (nSPS) is 12.3. The molecule has 17 heavy (non-hydrogen) atoms. The van der Waals surface area contributed by atoms with Crippen LogP contribution >= 0.6 is 23.2 Å². The Labute approximate surface area is 111 Å². The van der Waals surface area contributed by atoms with Crippen molar-refractivity contribution < 1.29 is 4.79 Å². The van der Waals surface area contributed by atoms with Crippen molar-refractivity contribution in [2.45, 2.75) is 32.7 Å². The van der Waals surface area contributed by atoms with Crippen LogP contribution in [-0.4, -0.2) is 11.9 Å². The largest absolute Gasteiger partial charge is 0.328 e. The number of halogens is 2.